The topological polar surface area (TPSA) is 94.9 Å². The Morgan fingerprint density at radius 3 is 2.38 bits per heavy atom. The molecular formula is C19H23FN6O3. The summed E-state index contributed by atoms with van der Waals surface area (Å²) in [5.41, 5.74) is -1.16. The molecule has 0 aliphatic carbocycles. The number of piperazine rings is 1. The van der Waals surface area contributed by atoms with Crippen LogP contribution in [0.3, 0.4) is 0 Å². The second-order valence-electron chi connectivity index (χ2n) is 7.09. The lowest BCUT2D eigenvalue weighted by Gasteiger charge is -2.41. The Morgan fingerprint density at radius 1 is 1.10 bits per heavy atom. The highest BCUT2D eigenvalue weighted by Crippen LogP contribution is 2.31. The van der Waals surface area contributed by atoms with Crippen LogP contribution in [0.4, 0.5) is 22.0 Å². The van der Waals surface area contributed by atoms with Gasteiger partial charge in [-0.1, -0.05) is 12.1 Å². The number of rotatable bonds is 6. The zero-order valence-corrected chi connectivity index (χ0v) is 16.2. The van der Waals surface area contributed by atoms with E-state index in [2.05, 4.69) is 25.9 Å². The molecule has 1 aromatic carbocycles. The summed E-state index contributed by atoms with van der Waals surface area (Å²) >= 11 is 0. The summed E-state index contributed by atoms with van der Waals surface area (Å²) in [7, 11) is 0. The van der Waals surface area contributed by atoms with Gasteiger partial charge in [-0.15, -0.1) is 0 Å². The van der Waals surface area contributed by atoms with Gasteiger partial charge >= 0.3 is 5.97 Å². The molecule has 0 bridgehead atoms. The fourth-order valence-corrected chi connectivity index (χ4v) is 3.56. The van der Waals surface area contributed by atoms with E-state index in [4.69, 9.17) is 9.84 Å². The minimum atomic E-state index is -2.23. The van der Waals surface area contributed by atoms with Gasteiger partial charge in [0.1, 0.15) is 12.1 Å². The van der Waals surface area contributed by atoms with Crippen molar-refractivity contribution < 1.29 is 19.0 Å². The van der Waals surface area contributed by atoms with Gasteiger partial charge in [0, 0.05) is 26.2 Å². The third-order valence-electron chi connectivity index (χ3n) is 5.16. The molecule has 0 spiro atoms. The molecule has 10 heteroatoms. The van der Waals surface area contributed by atoms with Crippen molar-refractivity contribution in [3.8, 4) is 5.75 Å². The lowest BCUT2D eigenvalue weighted by molar-refractivity contribution is -0.152. The van der Waals surface area contributed by atoms with Gasteiger partial charge in [0.25, 0.3) is 0 Å². The third kappa shape index (κ3) is 3.74. The minimum Gasteiger partial charge on any atom is -0.492 e. The van der Waals surface area contributed by atoms with Gasteiger partial charge < -0.3 is 24.5 Å². The van der Waals surface area contributed by atoms with Crippen molar-refractivity contribution in [2.24, 2.45) is 0 Å². The van der Waals surface area contributed by atoms with Crippen molar-refractivity contribution >= 4 is 23.6 Å². The third-order valence-corrected chi connectivity index (χ3v) is 5.16. The Bertz CT molecular complexity index is 884. The number of hydrogen-bond acceptors (Lipinski definition) is 8. The van der Waals surface area contributed by atoms with Crippen LogP contribution in [0.2, 0.25) is 0 Å². The number of aromatic nitrogens is 3. The molecule has 0 radical (unpaired) electrons. The average molecular weight is 402 g/mol. The fourth-order valence-electron chi connectivity index (χ4n) is 3.56. The molecule has 0 saturated carbocycles. The van der Waals surface area contributed by atoms with Crippen LogP contribution in [0.25, 0.3) is 0 Å². The van der Waals surface area contributed by atoms with Gasteiger partial charge in [-0.05, 0) is 19.1 Å². The largest absolute Gasteiger partial charge is 0.492 e. The van der Waals surface area contributed by atoms with Crippen LogP contribution in [0, 0.1) is 0 Å². The second kappa shape index (κ2) is 7.69. The number of aliphatic carboxylic acids is 1. The first kappa shape index (κ1) is 19.2. The maximum Gasteiger partial charge on any atom is 0.345 e. The standard InChI is InChI=1S/C19H23FN6O3/c1-2-29-15-6-4-3-5-14(15)24-7-9-25(10-8-24)17-21-13-22-18(23-17)26-11-19(20,12-26)16(27)28/h3-6,13H,2,7-12H2,1H3,(H,27,28). The first-order valence-electron chi connectivity index (χ1n) is 9.58. The number of hydrogen-bond donors (Lipinski definition) is 1. The summed E-state index contributed by atoms with van der Waals surface area (Å²) in [6.45, 7) is 5.06. The van der Waals surface area contributed by atoms with Crippen molar-refractivity contribution in [2.45, 2.75) is 12.6 Å². The smallest absolute Gasteiger partial charge is 0.345 e. The maximum absolute atomic E-state index is 14.0. The van der Waals surface area contributed by atoms with Crippen molar-refractivity contribution in [1.29, 1.82) is 0 Å². The quantitative estimate of drug-likeness (QED) is 0.765. The Hall–Kier alpha value is -3.17. The van der Waals surface area contributed by atoms with Gasteiger partial charge in [-0.25, -0.2) is 19.2 Å². The van der Waals surface area contributed by atoms with Crippen LogP contribution in [0.5, 0.6) is 5.75 Å². The van der Waals surface area contributed by atoms with Crippen molar-refractivity contribution in [2.75, 3.05) is 60.6 Å². The highest BCUT2D eigenvalue weighted by Gasteiger charge is 2.51. The van der Waals surface area contributed by atoms with Crippen molar-refractivity contribution in [3.05, 3.63) is 30.6 Å². The molecule has 4 rings (SSSR count). The molecule has 0 unspecified atom stereocenters. The zero-order valence-electron chi connectivity index (χ0n) is 16.2. The Kier molecular flexibility index (Phi) is 5.08. The summed E-state index contributed by atoms with van der Waals surface area (Å²) in [5.74, 6) is 0.233. The number of alkyl halides is 1. The van der Waals surface area contributed by atoms with E-state index in [-0.39, 0.29) is 13.1 Å². The zero-order chi connectivity index (χ0) is 20.4. The molecule has 2 fully saturated rings. The summed E-state index contributed by atoms with van der Waals surface area (Å²) in [6.07, 6.45) is 1.38. The number of nitrogens with zero attached hydrogens (tertiary/aromatic N) is 6. The van der Waals surface area contributed by atoms with E-state index in [1.165, 1.54) is 11.2 Å². The van der Waals surface area contributed by atoms with Crippen LogP contribution in [0.15, 0.2) is 30.6 Å². The molecule has 9 nitrogen and oxygen atoms in total. The maximum atomic E-state index is 14.0. The van der Waals surface area contributed by atoms with E-state index < -0.39 is 11.6 Å². The van der Waals surface area contributed by atoms with Crippen LogP contribution >= 0.6 is 0 Å². The molecule has 2 aromatic rings. The highest BCUT2D eigenvalue weighted by molar-refractivity contribution is 5.81. The number of carboxylic acid groups (broad SMARTS) is 1. The normalized spacial score (nSPS) is 18.3. The summed E-state index contributed by atoms with van der Waals surface area (Å²) < 4.78 is 19.7. The van der Waals surface area contributed by atoms with E-state index in [1.54, 1.807) is 0 Å². The molecule has 3 heterocycles. The van der Waals surface area contributed by atoms with E-state index in [0.29, 0.717) is 31.6 Å². The summed E-state index contributed by atoms with van der Waals surface area (Å²) in [5, 5.41) is 8.91. The van der Waals surface area contributed by atoms with Crippen LogP contribution in [0.1, 0.15) is 6.92 Å². The van der Waals surface area contributed by atoms with Crippen molar-refractivity contribution in [1.82, 2.24) is 15.0 Å². The highest BCUT2D eigenvalue weighted by atomic mass is 19.1. The predicted molar refractivity (Wildman–Crippen MR) is 106 cm³/mol. The second-order valence-corrected chi connectivity index (χ2v) is 7.09. The first-order valence-corrected chi connectivity index (χ1v) is 9.58. The van der Waals surface area contributed by atoms with Crippen LogP contribution in [-0.4, -0.2) is 77.6 Å². The van der Waals surface area contributed by atoms with Gasteiger partial charge in [0.15, 0.2) is 0 Å². The minimum absolute atomic E-state index is 0.256. The van der Waals surface area contributed by atoms with Gasteiger partial charge in [0.2, 0.25) is 17.6 Å². The lowest BCUT2D eigenvalue weighted by Crippen LogP contribution is -2.64. The molecule has 1 aromatic heterocycles. The van der Waals surface area contributed by atoms with Crippen LogP contribution < -0.4 is 19.4 Å². The number of halogens is 1. The van der Waals surface area contributed by atoms with E-state index in [9.17, 15) is 9.18 Å². The summed E-state index contributed by atoms with van der Waals surface area (Å²) in [4.78, 5) is 29.5. The van der Waals surface area contributed by atoms with Gasteiger partial charge in [-0.3, -0.25) is 0 Å². The monoisotopic (exact) mass is 402 g/mol. The number of para-hydroxylation sites is 2. The predicted octanol–water partition coefficient (Wildman–Crippen LogP) is 1.21. The number of benzene rings is 1. The average Bonchev–Trinajstić information content (AvgIpc) is 2.72. The number of carboxylic acids is 1. The number of anilines is 3. The molecule has 1 N–H and O–H groups in total. The molecular weight excluding hydrogens is 379 g/mol. The van der Waals surface area contributed by atoms with E-state index in [1.807, 2.05) is 30.0 Å². The number of ether oxygens (including phenoxy) is 1. The molecule has 29 heavy (non-hydrogen) atoms. The Balaban J connectivity index is 1.40. The van der Waals surface area contributed by atoms with Gasteiger partial charge in [-0.2, -0.15) is 4.98 Å². The summed E-state index contributed by atoms with van der Waals surface area (Å²) in [6, 6.07) is 7.98. The lowest BCUT2D eigenvalue weighted by atomic mass is 9.97. The molecule has 2 saturated heterocycles. The molecule has 0 amide bonds. The Morgan fingerprint density at radius 2 is 1.72 bits per heavy atom. The van der Waals surface area contributed by atoms with E-state index in [0.717, 1.165) is 24.5 Å². The first-order chi connectivity index (χ1) is 14.0. The van der Waals surface area contributed by atoms with Crippen LogP contribution in [-0.2, 0) is 4.79 Å². The molecule has 2 aliphatic rings. The van der Waals surface area contributed by atoms with Crippen molar-refractivity contribution in [3.63, 3.8) is 0 Å². The molecule has 2 aliphatic heterocycles. The molecule has 0 atom stereocenters. The fraction of sp³-hybridized carbons (Fsp3) is 0.474. The SMILES string of the molecule is CCOc1ccccc1N1CCN(c2ncnc(N3CC(F)(C(=O)O)C3)n2)CC1. The van der Waals surface area contributed by atoms with Gasteiger partial charge in [0.05, 0.1) is 25.4 Å². The molecule has 154 valence electrons. The Labute approximate surface area is 167 Å². The van der Waals surface area contributed by atoms with E-state index >= 15 is 0 Å². The number of carbonyl (C=O) groups is 1.